The number of β-amino-alcohol motifs (C(OH)–C–C–N with tert-alkyl or cyclic N) is 1. The summed E-state index contributed by atoms with van der Waals surface area (Å²) in [5, 5.41) is 24.6. The molecular formula is C18H29N3O3. The highest BCUT2D eigenvalue weighted by Gasteiger charge is 2.19. The van der Waals surface area contributed by atoms with Crippen LogP contribution in [0.5, 0.6) is 0 Å². The predicted molar refractivity (Wildman–Crippen MR) is 95.0 cm³/mol. The molecule has 2 atom stereocenters. The van der Waals surface area contributed by atoms with Gasteiger partial charge in [0.2, 0.25) is 0 Å². The molecule has 1 heterocycles. The second-order valence-corrected chi connectivity index (χ2v) is 6.86. The van der Waals surface area contributed by atoms with Crippen LogP contribution < -0.4 is 5.32 Å². The molecule has 24 heavy (non-hydrogen) atoms. The molecule has 0 spiro atoms. The molecule has 1 aliphatic heterocycles. The van der Waals surface area contributed by atoms with Crippen molar-refractivity contribution in [3.8, 4) is 0 Å². The SMILES string of the molecule is CCC(NCC(O)CN1CCC(C)CC1)c1cccc([N+](=O)[O-])c1. The van der Waals surface area contributed by atoms with Crippen LogP contribution in [-0.4, -0.2) is 47.2 Å². The van der Waals surface area contributed by atoms with E-state index in [2.05, 4.69) is 17.1 Å². The number of rotatable bonds is 8. The van der Waals surface area contributed by atoms with Gasteiger partial charge in [-0.25, -0.2) is 0 Å². The Morgan fingerprint density at radius 1 is 1.42 bits per heavy atom. The molecule has 0 aromatic heterocycles. The van der Waals surface area contributed by atoms with Crippen molar-refractivity contribution >= 4 is 5.69 Å². The summed E-state index contributed by atoms with van der Waals surface area (Å²) >= 11 is 0. The van der Waals surface area contributed by atoms with Crippen molar-refractivity contribution < 1.29 is 10.0 Å². The number of hydrogen-bond donors (Lipinski definition) is 2. The van der Waals surface area contributed by atoms with E-state index in [-0.39, 0.29) is 16.7 Å². The lowest BCUT2D eigenvalue weighted by atomic mass is 9.99. The minimum absolute atomic E-state index is 0.0147. The second kappa shape index (κ2) is 9.11. The van der Waals surface area contributed by atoms with Crippen LogP contribution in [0.15, 0.2) is 24.3 Å². The molecular weight excluding hydrogens is 306 g/mol. The Labute approximate surface area is 144 Å². The van der Waals surface area contributed by atoms with Gasteiger partial charge in [-0.1, -0.05) is 26.0 Å². The zero-order valence-corrected chi connectivity index (χ0v) is 14.6. The highest BCUT2D eigenvalue weighted by molar-refractivity contribution is 5.35. The smallest absolute Gasteiger partial charge is 0.269 e. The van der Waals surface area contributed by atoms with Crippen LogP contribution in [0.25, 0.3) is 0 Å². The van der Waals surface area contributed by atoms with Gasteiger partial charge in [0.15, 0.2) is 0 Å². The zero-order valence-electron chi connectivity index (χ0n) is 14.6. The van der Waals surface area contributed by atoms with E-state index >= 15 is 0 Å². The average Bonchev–Trinajstić information content (AvgIpc) is 2.58. The molecule has 0 amide bonds. The fourth-order valence-electron chi connectivity index (χ4n) is 3.24. The lowest BCUT2D eigenvalue weighted by Crippen LogP contribution is -2.42. The summed E-state index contributed by atoms with van der Waals surface area (Å²) < 4.78 is 0. The number of aliphatic hydroxyl groups is 1. The number of piperidine rings is 1. The van der Waals surface area contributed by atoms with Gasteiger partial charge in [-0.2, -0.15) is 0 Å². The van der Waals surface area contributed by atoms with Crippen LogP contribution >= 0.6 is 0 Å². The molecule has 0 aliphatic carbocycles. The second-order valence-electron chi connectivity index (χ2n) is 6.86. The van der Waals surface area contributed by atoms with E-state index in [9.17, 15) is 15.2 Å². The molecule has 2 unspecified atom stereocenters. The largest absolute Gasteiger partial charge is 0.390 e. The summed E-state index contributed by atoms with van der Waals surface area (Å²) in [7, 11) is 0. The van der Waals surface area contributed by atoms with E-state index in [0.29, 0.717) is 13.1 Å². The summed E-state index contributed by atoms with van der Waals surface area (Å²) in [5.41, 5.74) is 1.00. The van der Waals surface area contributed by atoms with E-state index in [4.69, 9.17) is 0 Å². The number of aliphatic hydroxyl groups excluding tert-OH is 1. The first-order chi connectivity index (χ1) is 11.5. The van der Waals surface area contributed by atoms with Crippen molar-refractivity contribution in [1.82, 2.24) is 10.2 Å². The first-order valence-corrected chi connectivity index (χ1v) is 8.87. The topological polar surface area (TPSA) is 78.6 Å². The van der Waals surface area contributed by atoms with Crippen molar-refractivity contribution in [3.05, 3.63) is 39.9 Å². The van der Waals surface area contributed by atoms with Gasteiger partial charge in [0.05, 0.1) is 11.0 Å². The van der Waals surface area contributed by atoms with E-state index in [1.807, 2.05) is 13.0 Å². The zero-order chi connectivity index (χ0) is 17.5. The van der Waals surface area contributed by atoms with Crippen LogP contribution in [0.3, 0.4) is 0 Å². The molecule has 6 nitrogen and oxygen atoms in total. The average molecular weight is 335 g/mol. The molecule has 0 radical (unpaired) electrons. The maximum absolute atomic E-state index is 10.9. The molecule has 134 valence electrons. The number of nitro groups is 1. The Kier molecular flexibility index (Phi) is 7.15. The molecule has 6 heteroatoms. The highest BCUT2D eigenvalue weighted by Crippen LogP contribution is 2.21. The van der Waals surface area contributed by atoms with Gasteiger partial charge in [-0.05, 0) is 43.8 Å². The molecule has 2 N–H and O–H groups in total. The molecule has 2 rings (SSSR count). The van der Waals surface area contributed by atoms with Gasteiger partial charge in [0.25, 0.3) is 5.69 Å². The Morgan fingerprint density at radius 3 is 2.75 bits per heavy atom. The van der Waals surface area contributed by atoms with Crippen LogP contribution in [-0.2, 0) is 0 Å². The van der Waals surface area contributed by atoms with Crippen molar-refractivity contribution in [1.29, 1.82) is 0 Å². The third kappa shape index (κ3) is 5.54. The lowest BCUT2D eigenvalue weighted by molar-refractivity contribution is -0.384. The predicted octanol–water partition coefficient (Wildman–Crippen LogP) is 2.73. The number of non-ortho nitro benzene ring substituents is 1. The van der Waals surface area contributed by atoms with Crippen LogP contribution in [0, 0.1) is 16.0 Å². The molecule has 1 saturated heterocycles. The highest BCUT2D eigenvalue weighted by atomic mass is 16.6. The monoisotopic (exact) mass is 335 g/mol. The van der Waals surface area contributed by atoms with Crippen molar-refractivity contribution in [2.45, 2.75) is 45.3 Å². The van der Waals surface area contributed by atoms with Crippen molar-refractivity contribution in [3.63, 3.8) is 0 Å². The van der Waals surface area contributed by atoms with Crippen molar-refractivity contribution in [2.24, 2.45) is 5.92 Å². The van der Waals surface area contributed by atoms with Crippen molar-refractivity contribution in [2.75, 3.05) is 26.2 Å². The first-order valence-electron chi connectivity index (χ1n) is 8.87. The summed E-state index contributed by atoms with van der Waals surface area (Å²) in [5.74, 6) is 0.787. The third-order valence-electron chi connectivity index (χ3n) is 4.84. The fraction of sp³-hybridized carbons (Fsp3) is 0.667. The molecule has 0 saturated carbocycles. The number of likely N-dealkylation sites (tertiary alicyclic amines) is 1. The number of benzene rings is 1. The third-order valence-corrected chi connectivity index (χ3v) is 4.84. The van der Waals surface area contributed by atoms with Crippen LogP contribution in [0.4, 0.5) is 5.69 Å². The Morgan fingerprint density at radius 2 is 2.12 bits per heavy atom. The minimum atomic E-state index is -0.425. The number of nitro benzene ring substituents is 1. The van der Waals surface area contributed by atoms with Gasteiger partial charge in [-0.3, -0.25) is 10.1 Å². The molecule has 1 aliphatic rings. The summed E-state index contributed by atoms with van der Waals surface area (Å²) in [6.07, 6.45) is 2.79. The van der Waals surface area contributed by atoms with E-state index in [1.54, 1.807) is 12.1 Å². The Bertz CT molecular complexity index is 530. The standard InChI is InChI=1S/C18H29N3O3/c1-3-18(15-5-4-6-16(11-15)21(23)24)19-12-17(22)13-20-9-7-14(2)8-10-20/h4-6,11,14,17-19,22H,3,7-10,12-13H2,1-2H3. The summed E-state index contributed by atoms with van der Waals surface area (Å²) in [4.78, 5) is 12.9. The minimum Gasteiger partial charge on any atom is -0.390 e. The number of nitrogens with zero attached hydrogens (tertiary/aromatic N) is 2. The molecule has 1 aromatic carbocycles. The maximum atomic E-state index is 10.9. The Balaban J connectivity index is 1.84. The maximum Gasteiger partial charge on any atom is 0.269 e. The molecule has 1 aromatic rings. The van der Waals surface area contributed by atoms with Gasteiger partial charge in [-0.15, -0.1) is 0 Å². The summed E-state index contributed by atoms with van der Waals surface area (Å²) in [6.45, 7) is 7.61. The van der Waals surface area contributed by atoms with Gasteiger partial charge in [0.1, 0.15) is 0 Å². The van der Waals surface area contributed by atoms with E-state index < -0.39 is 6.10 Å². The van der Waals surface area contributed by atoms with Gasteiger partial charge < -0.3 is 15.3 Å². The Hall–Kier alpha value is -1.50. The quantitative estimate of drug-likeness (QED) is 0.564. The van der Waals surface area contributed by atoms with Crippen LogP contribution in [0.1, 0.15) is 44.7 Å². The normalized spacial score (nSPS) is 19.1. The van der Waals surface area contributed by atoms with Crippen LogP contribution in [0.2, 0.25) is 0 Å². The number of nitrogens with one attached hydrogen (secondary N) is 1. The summed E-state index contributed by atoms with van der Waals surface area (Å²) in [6, 6.07) is 6.73. The molecule has 1 fully saturated rings. The molecule has 0 bridgehead atoms. The fourth-order valence-corrected chi connectivity index (χ4v) is 3.24. The van der Waals surface area contributed by atoms with E-state index in [1.165, 1.54) is 18.9 Å². The van der Waals surface area contributed by atoms with Gasteiger partial charge in [0, 0.05) is 31.3 Å². The van der Waals surface area contributed by atoms with E-state index in [0.717, 1.165) is 31.0 Å². The first kappa shape index (κ1) is 18.8. The lowest BCUT2D eigenvalue weighted by Gasteiger charge is -2.32. The number of hydrogen-bond acceptors (Lipinski definition) is 5. The van der Waals surface area contributed by atoms with Gasteiger partial charge >= 0.3 is 0 Å².